The quantitative estimate of drug-likeness (QED) is 0.460. The van der Waals surface area contributed by atoms with Crippen molar-refractivity contribution in [1.29, 1.82) is 0 Å². The molecule has 90 valence electrons. The molecule has 0 aromatic carbocycles. The number of rotatable bonds is 8. The molecule has 2 atom stereocenters. The summed E-state index contributed by atoms with van der Waals surface area (Å²) in [6, 6.07) is 0. The lowest BCUT2D eigenvalue weighted by atomic mass is 9.87. The highest BCUT2D eigenvalue weighted by Gasteiger charge is 2.25. The van der Waals surface area contributed by atoms with Gasteiger partial charge in [-0.1, -0.05) is 84.5 Å². The third kappa shape index (κ3) is 5.04. The summed E-state index contributed by atoms with van der Waals surface area (Å²) in [5.74, 6) is 2.21. The molecule has 0 radical (unpaired) electrons. The van der Waals surface area contributed by atoms with Crippen molar-refractivity contribution in [2.45, 2.75) is 84.5 Å². The van der Waals surface area contributed by atoms with E-state index < -0.39 is 0 Å². The molecule has 1 aliphatic carbocycles. The van der Waals surface area contributed by atoms with E-state index in [0.29, 0.717) is 0 Å². The van der Waals surface area contributed by atoms with E-state index in [2.05, 4.69) is 13.8 Å². The van der Waals surface area contributed by atoms with Crippen LogP contribution in [0, 0.1) is 11.8 Å². The van der Waals surface area contributed by atoms with Crippen molar-refractivity contribution in [1.82, 2.24) is 0 Å². The summed E-state index contributed by atoms with van der Waals surface area (Å²) in [4.78, 5) is 0. The Balaban J connectivity index is 2.09. The van der Waals surface area contributed by atoms with Crippen molar-refractivity contribution in [3.63, 3.8) is 0 Å². The molecule has 0 bridgehead atoms. The zero-order valence-electron chi connectivity index (χ0n) is 10.9. The fraction of sp³-hybridized carbons (Fsp3) is 1.00. The van der Waals surface area contributed by atoms with Crippen molar-refractivity contribution >= 4 is 0 Å². The van der Waals surface area contributed by atoms with Crippen LogP contribution < -0.4 is 0 Å². The van der Waals surface area contributed by atoms with Gasteiger partial charge in [0.05, 0.1) is 0 Å². The Kier molecular flexibility index (Phi) is 7.13. The lowest BCUT2D eigenvalue weighted by Gasteiger charge is -2.19. The van der Waals surface area contributed by atoms with Gasteiger partial charge in [0.1, 0.15) is 0 Å². The SMILES string of the molecule is CCCCCCC1CCCC1CCCC. The average molecular weight is 210 g/mol. The van der Waals surface area contributed by atoms with Crippen molar-refractivity contribution in [2.75, 3.05) is 0 Å². The van der Waals surface area contributed by atoms with Gasteiger partial charge in [0.15, 0.2) is 0 Å². The van der Waals surface area contributed by atoms with E-state index in [1.54, 1.807) is 12.8 Å². The standard InChI is InChI=1S/C15H30/c1-3-5-7-8-11-15-13-9-12-14(15)10-6-4-2/h14-15H,3-13H2,1-2H3. The molecule has 0 aliphatic heterocycles. The zero-order valence-corrected chi connectivity index (χ0v) is 10.9. The summed E-state index contributed by atoms with van der Waals surface area (Å²) in [5.41, 5.74) is 0. The first-order valence-corrected chi connectivity index (χ1v) is 7.38. The largest absolute Gasteiger partial charge is 0.0654 e. The van der Waals surface area contributed by atoms with E-state index in [-0.39, 0.29) is 0 Å². The van der Waals surface area contributed by atoms with Gasteiger partial charge in [0.2, 0.25) is 0 Å². The van der Waals surface area contributed by atoms with Gasteiger partial charge in [-0.2, -0.15) is 0 Å². The van der Waals surface area contributed by atoms with Crippen LogP contribution in [0.25, 0.3) is 0 Å². The Morgan fingerprint density at radius 2 is 1.33 bits per heavy atom. The van der Waals surface area contributed by atoms with Gasteiger partial charge in [-0.3, -0.25) is 0 Å². The van der Waals surface area contributed by atoms with Crippen LogP contribution in [-0.2, 0) is 0 Å². The molecule has 0 spiro atoms. The van der Waals surface area contributed by atoms with Gasteiger partial charge < -0.3 is 0 Å². The fourth-order valence-electron chi connectivity index (χ4n) is 3.17. The van der Waals surface area contributed by atoms with Crippen LogP contribution in [0.3, 0.4) is 0 Å². The van der Waals surface area contributed by atoms with Crippen molar-refractivity contribution in [3.8, 4) is 0 Å². The lowest BCUT2D eigenvalue weighted by Crippen LogP contribution is -2.07. The fourth-order valence-corrected chi connectivity index (χ4v) is 3.17. The Labute approximate surface area is 96.8 Å². The van der Waals surface area contributed by atoms with E-state index >= 15 is 0 Å². The minimum absolute atomic E-state index is 1.10. The van der Waals surface area contributed by atoms with Crippen LogP contribution in [0.2, 0.25) is 0 Å². The van der Waals surface area contributed by atoms with E-state index in [9.17, 15) is 0 Å². The first-order valence-electron chi connectivity index (χ1n) is 7.38. The molecule has 1 rings (SSSR count). The predicted octanol–water partition coefficient (Wildman–Crippen LogP) is 5.56. The van der Waals surface area contributed by atoms with Crippen LogP contribution in [0.5, 0.6) is 0 Å². The number of hydrogen-bond donors (Lipinski definition) is 0. The first kappa shape index (κ1) is 13.1. The minimum atomic E-state index is 1.10. The van der Waals surface area contributed by atoms with Crippen LogP contribution in [0.15, 0.2) is 0 Å². The summed E-state index contributed by atoms with van der Waals surface area (Å²) in [7, 11) is 0. The Bertz CT molecular complexity index is 139. The van der Waals surface area contributed by atoms with Gasteiger partial charge in [0, 0.05) is 0 Å². The second-order valence-corrected chi connectivity index (χ2v) is 5.44. The molecule has 0 nitrogen and oxygen atoms in total. The molecule has 1 saturated carbocycles. The summed E-state index contributed by atoms with van der Waals surface area (Å²) >= 11 is 0. The first-order chi connectivity index (χ1) is 7.38. The second kappa shape index (κ2) is 8.19. The third-order valence-corrected chi connectivity index (χ3v) is 4.17. The summed E-state index contributed by atoms with van der Waals surface area (Å²) in [5, 5.41) is 0. The smallest absolute Gasteiger partial charge is 0.0386 e. The van der Waals surface area contributed by atoms with Crippen LogP contribution in [-0.4, -0.2) is 0 Å². The Hall–Kier alpha value is 0. The van der Waals surface area contributed by atoms with E-state index in [4.69, 9.17) is 0 Å². The minimum Gasteiger partial charge on any atom is -0.0654 e. The summed E-state index contributed by atoms with van der Waals surface area (Å²) in [6.07, 6.45) is 16.3. The third-order valence-electron chi connectivity index (χ3n) is 4.17. The van der Waals surface area contributed by atoms with Crippen molar-refractivity contribution in [2.24, 2.45) is 11.8 Å². The molecule has 1 aliphatic rings. The molecular formula is C15H30. The highest BCUT2D eigenvalue weighted by atomic mass is 14.3. The van der Waals surface area contributed by atoms with Crippen molar-refractivity contribution in [3.05, 3.63) is 0 Å². The Morgan fingerprint density at radius 3 is 1.93 bits per heavy atom. The van der Waals surface area contributed by atoms with Crippen LogP contribution >= 0.6 is 0 Å². The van der Waals surface area contributed by atoms with Gasteiger partial charge in [-0.15, -0.1) is 0 Å². The predicted molar refractivity (Wildman–Crippen MR) is 69.1 cm³/mol. The van der Waals surface area contributed by atoms with Gasteiger partial charge in [-0.25, -0.2) is 0 Å². The highest BCUT2D eigenvalue weighted by Crippen LogP contribution is 2.38. The lowest BCUT2D eigenvalue weighted by molar-refractivity contribution is 0.326. The van der Waals surface area contributed by atoms with E-state index in [0.717, 1.165) is 11.8 Å². The van der Waals surface area contributed by atoms with E-state index in [1.165, 1.54) is 57.8 Å². The topological polar surface area (TPSA) is 0 Å². The molecule has 0 heterocycles. The molecule has 0 aromatic rings. The second-order valence-electron chi connectivity index (χ2n) is 5.44. The maximum Gasteiger partial charge on any atom is -0.0386 e. The Morgan fingerprint density at radius 1 is 0.733 bits per heavy atom. The normalized spacial score (nSPS) is 26.0. The molecule has 2 unspecified atom stereocenters. The number of unbranched alkanes of at least 4 members (excludes halogenated alkanes) is 4. The molecule has 15 heavy (non-hydrogen) atoms. The maximum absolute atomic E-state index is 2.32. The highest BCUT2D eigenvalue weighted by molar-refractivity contribution is 4.77. The maximum atomic E-state index is 2.32. The summed E-state index contributed by atoms with van der Waals surface area (Å²) in [6.45, 7) is 4.63. The average Bonchev–Trinajstić information content (AvgIpc) is 2.69. The molecule has 0 heteroatoms. The van der Waals surface area contributed by atoms with Crippen LogP contribution in [0.1, 0.15) is 84.5 Å². The van der Waals surface area contributed by atoms with Crippen LogP contribution in [0.4, 0.5) is 0 Å². The molecule has 0 N–H and O–H groups in total. The molecule has 0 amide bonds. The monoisotopic (exact) mass is 210 g/mol. The van der Waals surface area contributed by atoms with Gasteiger partial charge >= 0.3 is 0 Å². The molecule has 1 fully saturated rings. The van der Waals surface area contributed by atoms with Gasteiger partial charge in [0.25, 0.3) is 0 Å². The molecule has 0 aromatic heterocycles. The van der Waals surface area contributed by atoms with Gasteiger partial charge in [-0.05, 0) is 11.8 Å². The summed E-state index contributed by atoms with van der Waals surface area (Å²) < 4.78 is 0. The zero-order chi connectivity index (χ0) is 10.9. The van der Waals surface area contributed by atoms with Crippen molar-refractivity contribution < 1.29 is 0 Å². The molecule has 0 saturated heterocycles. The van der Waals surface area contributed by atoms with E-state index in [1.807, 2.05) is 0 Å². The number of hydrogen-bond acceptors (Lipinski definition) is 0. The molecular weight excluding hydrogens is 180 g/mol.